The fourth-order valence-corrected chi connectivity index (χ4v) is 2.04. The van der Waals surface area contributed by atoms with Crippen molar-refractivity contribution in [2.45, 2.75) is 0 Å². The summed E-state index contributed by atoms with van der Waals surface area (Å²) in [6, 6.07) is 7.68. The Kier molecular flexibility index (Phi) is 5.53. The van der Waals surface area contributed by atoms with E-state index in [9.17, 15) is 14.4 Å². The number of aromatic nitrogens is 1. The van der Waals surface area contributed by atoms with Crippen molar-refractivity contribution < 1.29 is 23.9 Å². The van der Waals surface area contributed by atoms with Crippen LogP contribution >= 0.6 is 15.9 Å². The van der Waals surface area contributed by atoms with Gasteiger partial charge in [0.25, 0.3) is 5.91 Å². The average molecular weight is 381 g/mol. The quantitative estimate of drug-likeness (QED) is 0.775. The number of nitrogens with one attached hydrogen (secondary N) is 2. The number of anilines is 1. The zero-order chi connectivity index (χ0) is 16.8. The number of methoxy groups -OCH3 is 1. The maximum atomic E-state index is 11.7. The summed E-state index contributed by atoms with van der Waals surface area (Å²) < 4.78 is 10.2. The van der Waals surface area contributed by atoms with E-state index in [1.165, 1.54) is 19.2 Å². The molecular formula is C15H13BrN2O5. The first-order valence-electron chi connectivity index (χ1n) is 6.49. The van der Waals surface area contributed by atoms with Crippen LogP contribution < -0.4 is 5.32 Å². The molecule has 0 atom stereocenters. The van der Waals surface area contributed by atoms with Crippen molar-refractivity contribution in [1.82, 2.24) is 4.98 Å². The van der Waals surface area contributed by atoms with Gasteiger partial charge in [0.05, 0.1) is 12.7 Å². The number of halogens is 1. The van der Waals surface area contributed by atoms with E-state index in [-0.39, 0.29) is 5.69 Å². The van der Waals surface area contributed by atoms with Crippen LogP contribution in [0, 0.1) is 0 Å². The molecule has 0 fully saturated rings. The molecule has 1 heterocycles. The lowest BCUT2D eigenvalue weighted by molar-refractivity contribution is -0.119. The fourth-order valence-electron chi connectivity index (χ4n) is 1.70. The second-order valence-electron chi connectivity index (χ2n) is 4.42. The Balaban J connectivity index is 1.85. The highest BCUT2D eigenvalue weighted by Gasteiger charge is 2.12. The summed E-state index contributed by atoms with van der Waals surface area (Å²) in [6.07, 6.45) is 1.58. The molecule has 1 aromatic carbocycles. The first kappa shape index (κ1) is 16.8. The van der Waals surface area contributed by atoms with Gasteiger partial charge in [-0.15, -0.1) is 0 Å². The van der Waals surface area contributed by atoms with E-state index in [0.29, 0.717) is 15.7 Å². The molecule has 2 aromatic rings. The minimum Gasteiger partial charge on any atom is -0.465 e. The normalized spacial score (nSPS) is 10.0. The van der Waals surface area contributed by atoms with E-state index in [4.69, 9.17) is 4.74 Å². The lowest BCUT2D eigenvalue weighted by Gasteiger charge is -2.06. The Hall–Kier alpha value is -2.61. The van der Waals surface area contributed by atoms with Gasteiger partial charge in [-0.1, -0.05) is 0 Å². The van der Waals surface area contributed by atoms with Crippen molar-refractivity contribution in [3.8, 4) is 0 Å². The molecule has 0 saturated carbocycles. The number of aromatic amines is 1. The number of carbonyl (C=O) groups is 3. The van der Waals surface area contributed by atoms with Crippen molar-refractivity contribution in [3.63, 3.8) is 0 Å². The number of benzene rings is 1. The number of rotatable bonds is 5. The fraction of sp³-hybridized carbons (Fsp3) is 0.133. The highest BCUT2D eigenvalue weighted by Crippen LogP contribution is 2.12. The molecule has 0 aliphatic carbocycles. The molecule has 0 bridgehead atoms. The van der Waals surface area contributed by atoms with Crippen molar-refractivity contribution in [2.24, 2.45) is 0 Å². The SMILES string of the molecule is COC(=O)c1ccc(NC(=O)COC(=O)c2cc(Br)c[nH]2)cc1. The summed E-state index contributed by atoms with van der Waals surface area (Å²) in [5.74, 6) is -1.59. The number of carbonyl (C=O) groups excluding carboxylic acids is 3. The molecule has 2 rings (SSSR count). The van der Waals surface area contributed by atoms with Gasteiger partial charge in [-0.2, -0.15) is 0 Å². The van der Waals surface area contributed by atoms with Gasteiger partial charge in [-0.05, 0) is 46.3 Å². The molecule has 0 unspecified atom stereocenters. The Bertz CT molecular complexity index is 724. The lowest BCUT2D eigenvalue weighted by atomic mass is 10.2. The number of H-pyrrole nitrogens is 1. The van der Waals surface area contributed by atoms with Crippen molar-refractivity contribution in [1.29, 1.82) is 0 Å². The Labute approximate surface area is 140 Å². The van der Waals surface area contributed by atoms with E-state index >= 15 is 0 Å². The van der Waals surface area contributed by atoms with Crippen LogP contribution in [0.1, 0.15) is 20.8 Å². The zero-order valence-corrected chi connectivity index (χ0v) is 13.7. The predicted octanol–water partition coefficient (Wildman–Crippen LogP) is 2.36. The Morgan fingerprint density at radius 3 is 2.43 bits per heavy atom. The first-order valence-corrected chi connectivity index (χ1v) is 7.28. The summed E-state index contributed by atoms with van der Waals surface area (Å²) in [4.78, 5) is 37.4. The summed E-state index contributed by atoms with van der Waals surface area (Å²) in [7, 11) is 1.29. The second kappa shape index (κ2) is 7.59. The molecule has 120 valence electrons. The molecule has 0 spiro atoms. The van der Waals surface area contributed by atoms with Crippen LogP contribution in [0.15, 0.2) is 41.0 Å². The molecule has 23 heavy (non-hydrogen) atoms. The minimum absolute atomic E-state index is 0.243. The number of amides is 1. The number of hydrogen-bond acceptors (Lipinski definition) is 5. The van der Waals surface area contributed by atoms with E-state index < -0.39 is 24.5 Å². The van der Waals surface area contributed by atoms with Gasteiger partial charge in [0.15, 0.2) is 6.61 Å². The van der Waals surface area contributed by atoms with Gasteiger partial charge in [-0.25, -0.2) is 9.59 Å². The first-order chi connectivity index (χ1) is 11.0. The molecule has 1 aromatic heterocycles. The largest absolute Gasteiger partial charge is 0.465 e. The second-order valence-corrected chi connectivity index (χ2v) is 5.34. The van der Waals surface area contributed by atoms with Gasteiger partial charge in [-0.3, -0.25) is 4.79 Å². The summed E-state index contributed by atoms with van der Waals surface area (Å²) >= 11 is 3.19. The van der Waals surface area contributed by atoms with Gasteiger partial charge in [0, 0.05) is 16.4 Å². The third kappa shape index (κ3) is 4.68. The Morgan fingerprint density at radius 1 is 1.17 bits per heavy atom. The van der Waals surface area contributed by atoms with Gasteiger partial charge in [0.1, 0.15) is 5.69 Å². The van der Waals surface area contributed by atoms with E-state index in [0.717, 1.165) is 0 Å². The number of hydrogen-bond donors (Lipinski definition) is 2. The smallest absolute Gasteiger partial charge is 0.355 e. The summed E-state index contributed by atoms with van der Waals surface area (Å²) in [6.45, 7) is -0.422. The molecule has 1 amide bonds. The van der Waals surface area contributed by atoms with Crippen LogP contribution in [0.5, 0.6) is 0 Å². The molecule has 0 saturated heterocycles. The summed E-state index contributed by atoms with van der Waals surface area (Å²) in [5.41, 5.74) is 1.09. The monoisotopic (exact) mass is 380 g/mol. The van der Waals surface area contributed by atoms with Crippen molar-refractivity contribution in [2.75, 3.05) is 19.0 Å². The zero-order valence-electron chi connectivity index (χ0n) is 12.1. The third-order valence-corrected chi connectivity index (χ3v) is 3.25. The standard InChI is InChI=1S/C15H13BrN2O5/c1-22-14(20)9-2-4-11(5-3-9)18-13(19)8-23-15(21)12-6-10(16)7-17-12/h2-7,17H,8H2,1H3,(H,18,19). The molecule has 0 aliphatic rings. The molecule has 0 aliphatic heterocycles. The van der Waals surface area contributed by atoms with Crippen molar-refractivity contribution >= 4 is 39.5 Å². The topological polar surface area (TPSA) is 97.5 Å². The molecular weight excluding hydrogens is 368 g/mol. The third-order valence-electron chi connectivity index (χ3n) is 2.79. The van der Waals surface area contributed by atoms with Crippen LogP contribution in [-0.4, -0.2) is 36.5 Å². The van der Waals surface area contributed by atoms with Gasteiger partial charge >= 0.3 is 11.9 Å². The molecule has 8 heteroatoms. The van der Waals surface area contributed by atoms with Gasteiger partial charge < -0.3 is 19.8 Å². The predicted molar refractivity (Wildman–Crippen MR) is 85.2 cm³/mol. The van der Waals surface area contributed by atoms with Crippen LogP contribution in [0.2, 0.25) is 0 Å². The average Bonchev–Trinajstić information content (AvgIpc) is 2.99. The molecule has 2 N–H and O–H groups in total. The van der Waals surface area contributed by atoms with Crippen LogP contribution in [-0.2, 0) is 14.3 Å². The highest BCUT2D eigenvalue weighted by molar-refractivity contribution is 9.10. The van der Waals surface area contributed by atoms with Crippen LogP contribution in [0.3, 0.4) is 0 Å². The molecule has 0 radical (unpaired) electrons. The maximum Gasteiger partial charge on any atom is 0.355 e. The number of esters is 2. The number of ether oxygens (including phenoxy) is 2. The molecule has 7 nitrogen and oxygen atoms in total. The van der Waals surface area contributed by atoms with E-state index in [2.05, 4.69) is 31.0 Å². The highest BCUT2D eigenvalue weighted by atomic mass is 79.9. The van der Waals surface area contributed by atoms with Gasteiger partial charge in [0.2, 0.25) is 0 Å². The Morgan fingerprint density at radius 2 is 1.87 bits per heavy atom. The minimum atomic E-state index is -0.633. The van der Waals surface area contributed by atoms with Crippen LogP contribution in [0.25, 0.3) is 0 Å². The van der Waals surface area contributed by atoms with E-state index in [1.807, 2.05) is 0 Å². The summed E-state index contributed by atoms with van der Waals surface area (Å²) in [5, 5.41) is 2.55. The van der Waals surface area contributed by atoms with Crippen LogP contribution in [0.4, 0.5) is 5.69 Å². The van der Waals surface area contributed by atoms with E-state index in [1.54, 1.807) is 24.4 Å². The lowest BCUT2D eigenvalue weighted by Crippen LogP contribution is -2.21. The maximum absolute atomic E-state index is 11.7. The van der Waals surface area contributed by atoms with Crippen molar-refractivity contribution in [3.05, 3.63) is 52.3 Å².